The second-order valence-electron chi connectivity index (χ2n) is 4.89. The van der Waals surface area contributed by atoms with Crippen LogP contribution in [-0.4, -0.2) is 4.98 Å². The molecule has 0 aliphatic carbocycles. The number of aryl methyl sites for hydroxylation is 1. The molecule has 20 heavy (non-hydrogen) atoms. The first-order valence-electron chi connectivity index (χ1n) is 6.62. The number of hydrogen-bond acceptors (Lipinski definition) is 4. The highest BCUT2D eigenvalue weighted by atomic mass is 32.1. The fourth-order valence-electron chi connectivity index (χ4n) is 2.51. The third-order valence-corrected chi connectivity index (χ3v) is 4.58. The van der Waals surface area contributed by atoms with Gasteiger partial charge in [-0.2, -0.15) is 0 Å². The van der Waals surface area contributed by atoms with Crippen molar-refractivity contribution in [1.29, 1.82) is 0 Å². The molecule has 3 rings (SSSR count). The monoisotopic (exact) mass is 283 g/mol. The van der Waals surface area contributed by atoms with E-state index >= 15 is 0 Å². The Labute approximate surface area is 122 Å². The second-order valence-corrected chi connectivity index (χ2v) is 5.80. The van der Waals surface area contributed by atoms with Crippen molar-refractivity contribution in [2.75, 3.05) is 0 Å². The molecule has 0 aliphatic heterocycles. The largest absolute Gasteiger partial charge is 0.271 e. The Balaban J connectivity index is 1.94. The van der Waals surface area contributed by atoms with E-state index in [0.717, 1.165) is 17.7 Å². The Bertz CT molecular complexity index is 720. The van der Waals surface area contributed by atoms with Gasteiger partial charge in [-0.15, -0.1) is 11.3 Å². The predicted octanol–water partition coefficient (Wildman–Crippen LogP) is 3.35. The van der Waals surface area contributed by atoms with E-state index in [4.69, 9.17) is 5.84 Å². The summed E-state index contributed by atoms with van der Waals surface area (Å²) in [6.07, 6.45) is 2.66. The SMILES string of the molecule is Cc1cccnc1C(Cc1csc2ccccc12)NN. The van der Waals surface area contributed by atoms with Gasteiger partial charge in [0, 0.05) is 10.9 Å². The zero-order valence-electron chi connectivity index (χ0n) is 11.3. The summed E-state index contributed by atoms with van der Waals surface area (Å²) in [4.78, 5) is 4.47. The summed E-state index contributed by atoms with van der Waals surface area (Å²) in [6, 6.07) is 12.5. The van der Waals surface area contributed by atoms with Crippen molar-refractivity contribution in [3.63, 3.8) is 0 Å². The van der Waals surface area contributed by atoms with Gasteiger partial charge in [-0.3, -0.25) is 16.3 Å². The molecule has 0 spiro atoms. The Hall–Kier alpha value is -1.75. The number of nitrogens with zero attached hydrogens (tertiary/aromatic N) is 1. The van der Waals surface area contributed by atoms with E-state index in [1.54, 1.807) is 11.3 Å². The van der Waals surface area contributed by atoms with Crippen molar-refractivity contribution in [1.82, 2.24) is 10.4 Å². The molecule has 1 aromatic carbocycles. The minimum Gasteiger partial charge on any atom is -0.271 e. The van der Waals surface area contributed by atoms with Crippen molar-refractivity contribution < 1.29 is 0 Å². The van der Waals surface area contributed by atoms with E-state index in [0.29, 0.717) is 0 Å². The fourth-order valence-corrected chi connectivity index (χ4v) is 3.48. The Morgan fingerprint density at radius 1 is 1.25 bits per heavy atom. The van der Waals surface area contributed by atoms with Gasteiger partial charge >= 0.3 is 0 Å². The number of hydrogen-bond donors (Lipinski definition) is 2. The van der Waals surface area contributed by atoms with Crippen molar-refractivity contribution in [2.24, 2.45) is 5.84 Å². The van der Waals surface area contributed by atoms with Crippen LogP contribution in [0.25, 0.3) is 10.1 Å². The molecule has 0 bridgehead atoms. The fraction of sp³-hybridized carbons (Fsp3) is 0.188. The molecule has 3 nitrogen and oxygen atoms in total. The first-order chi connectivity index (χ1) is 9.79. The summed E-state index contributed by atoms with van der Waals surface area (Å²) in [5.41, 5.74) is 6.40. The normalized spacial score (nSPS) is 12.7. The molecule has 0 aliphatic rings. The Morgan fingerprint density at radius 3 is 2.90 bits per heavy atom. The second kappa shape index (κ2) is 5.71. The summed E-state index contributed by atoms with van der Waals surface area (Å²) >= 11 is 1.78. The molecular weight excluding hydrogens is 266 g/mol. The zero-order valence-corrected chi connectivity index (χ0v) is 12.2. The number of pyridine rings is 1. The maximum atomic E-state index is 5.75. The highest BCUT2D eigenvalue weighted by Gasteiger charge is 2.16. The highest BCUT2D eigenvalue weighted by molar-refractivity contribution is 7.17. The highest BCUT2D eigenvalue weighted by Crippen LogP contribution is 2.29. The van der Waals surface area contributed by atoms with Gasteiger partial charge in [-0.1, -0.05) is 24.3 Å². The van der Waals surface area contributed by atoms with Crippen LogP contribution in [0.4, 0.5) is 0 Å². The van der Waals surface area contributed by atoms with Gasteiger partial charge in [0.15, 0.2) is 0 Å². The maximum absolute atomic E-state index is 5.75. The number of rotatable bonds is 4. The van der Waals surface area contributed by atoms with Crippen LogP contribution in [0.5, 0.6) is 0 Å². The van der Waals surface area contributed by atoms with Gasteiger partial charge in [-0.25, -0.2) is 0 Å². The quantitative estimate of drug-likeness (QED) is 0.570. The third-order valence-electron chi connectivity index (χ3n) is 3.57. The molecule has 0 fully saturated rings. The standard InChI is InChI=1S/C16H17N3S/c1-11-5-4-8-18-16(11)14(19-17)9-12-10-20-15-7-3-2-6-13(12)15/h2-8,10,14,19H,9,17H2,1H3. The number of thiophene rings is 1. The third kappa shape index (κ3) is 2.45. The predicted molar refractivity (Wildman–Crippen MR) is 84.6 cm³/mol. The molecule has 1 unspecified atom stereocenters. The molecule has 0 radical (unpaired) electrons. The number of benzene rings is 1. The molecule has 102 valence electrons. The average Bonchev–Trinajstić information content (AvgIpc) is 2.89. The smallest absolute Gasteiger partial charge is 0.0675 e. The molecule has 0 amide bonds. The van der Waals surface area contributed by atoms with E-state index in [1.165, 1.54) is 15.6 Å². The molecular formula is C16H17N3S. The van der Waals surface area contributed by atoms with Gasteiger partial charge in [0.05, 0.1) is 11.7 Å². The van der Waals surface area contributed by atoms with E-state index in [1.807, 2.05) is 12.3 Å². The van der Waals surface area contributed by atoms with Crippen LogP contribution >= 0.6 is 11.3 Å². The van der Waals surface area contributed by atoms with Crippen LogP contribution in [-0.2, 0) is 6.42 Å². The Morgan fingerprint density at radius 2 is 2.10 bits per heavy atom. The number of fused-ring (bicyclic) bond motifs is 1. The van der Waals surface area contributed by atoms with E-state index in [2.05, 4.69) is 53.0 Å². The molecule has 0 saturated heterocycles. The lowest BCUT2D eigenvalue weighted by molar-refractivity contribution is 0.537. The summed E-state index contributed by atoms with van der Waals surface area (Å²) in [5, 5.41) is 3.53. The maximum Gasteiger partial charge on any atom is 0.0675 e. The summed E-state index contributed by atoms with van der Waals surface area (Å²) < 4.78 is 1.32. The molecule has 1 atom stereocenters. The van der Waals surface area contributed by atoms with Crippen molar-refractivity contribution in [3.05, 3.63) is 64.8 Å². The lowest BCUT2D eigenvalue weighted by Gasteiger charge is -2.17. The van der Waals surface area contributed by atoms with Crippen molar-refractivity contribution >= 4 is 21.4 Å². The van der Waals surface area contributed by atoms with Gasteiger partial charge in [0.2, 0.25) is 0 Å². The van der Waals surface area contributed by atoms with E-state index in [-0.39, 0.29) is 6.04 Å². The molecule has 3 N–H and O–H groups in total. The Kier molecular flexibility index (Phi) is 3.78. The van der Waals surface area contributed by atoms with E-state index in [9.17, 15) is 0 Å². The van der Waals surface area contributed by atoms with Crippen LogP contribution < -0.4 is 11.3 Å². The first kappa shape index (κ1) is 13.2. The van der Waals surface area contributed by atoms with Crippen LogP contribution in [0.1, 0.15) is 22.9 Å². The van der Waals surface area contributed by atoms with Gasteiger partial charge < -0.3 is 0 Å². The van der Waals surface area contributed by atoms with Gasteiger partial charge in [0.1, 0.15) is 0 Å². The van der Waals surface area contributed by atoms with Crippen LogP contribution in [0.3, 0.4) is 0 Å². The van der Waals surface area contributed by atoms with Gasteiger partial charge in [-0.05, 0) is 47.4 Å². The van der Waals surface area contributed by atoms with E-state index < -0.39 is 0 Å². The summed E-state index contributed by atoms with van der Waals surface area (Å²) in [5.74, 6) is 5.75. The van der Waals surface area contributed by atoms with Crippen LogP contribution in [0, 0.1) is 6.92 Å². The average molecular weight is 283 g/mol. The number of nitrogens with two attached hydrogens (primary N) is 1. The number of nitrogens with one attached hydrogen (secondary N) is 1. The lowest BCUT2D eigenvalue weighted by Crippen LogP contribution is -2.30. The van der Waals surface area contributed by atoms with Crippen LogP contribution in [0.15, 0.2) is 48.0 Å². The molecule has 2 aromatic heterocycles. The van der Waals surface area contributed by atoms with Crippen molar-refractivity contribution in [2.45, 2.75) is 19.4 Å². The van der Waals surface area contributed by atoms with Gasteiger partial charge in [0.25, 0.3) is 0 Å². The lowest BCUT2D eigenvalue weighted by atomic mass is 10.00. The minimum atomic E-state index is 0.0363. The summed E-state index contributed by atoms with van der Waals surface area (Å²) in [7, 11) is 0. The molecule has 3 aromatic rings. The zero-order chi connectivity index (χ0) is 13.9. The number of aromatic nitrogens is 1. The first-order valence-corrected chi connectivity index (χ1v) is 7.50. The van der Waals surface area contributed by atoms with Crippen molar-refractivity contribution in [3.8, 4) is 0 Å². The molecule has 0 saturated carbocycles. The number of hydrazine groups is 1. The van der Waals surface area contributed by atoms with Crippen LogP contribution in [0.2, 0.25) is 0 Å². The topological polar surface area (TPSA) is 50.9 Å². The summed E-state index contributed by atoms with van der Waals surface area (Å²) in [6.45, 7) is 2.07. The molecule has 4 heteroatoms. The molecule has 2 heterocycles. The minimum absolute atomic E-state index is 0.0363.